The third kappa shape index (κ3) is 2.21. The van der Waals surface area contributed by atoms with Crippen molar-refractivity contribution in [3.05, 3.63) is 11.7 Å². The van der Waals surface area contributed by atoms with Crippen molar-refractivity contribution in [1.82, 2.24) is 20.4 Å². The van der Waals surface area contributed by atoms with Gasteiger partial charge in [-0.2, -0.15) is 4.98 Å². The van der Waals surface area contributed by atoms with E-state index in [1.807, 2.05) is 6.92 Å². The van der Waals surface area contributed by atoms with Gasteiger partial charge in [-0.1, -0.05) is 12.1 Å². The average Bonchev–Trinajstić information content (AvgIpc) is 3.03. The van der Waals surface area contributed by atoms with Crippen LogP contribution in [0.4, 0.5) is 0 Å². The van der Waals surface area contributed by atoms with Crippen molar-refractivity contribution >= 4 is 0 Å². The maximum Gasteiger partial charge on any atom is 0.240 e. The van der Waals surface area contributed by atoms with Gasteiger partial charge < -0.3 is 9.84 Å². The lowest BCUT2D eigenvalue weighted by atomic mass is 9.87. The number of aryl methyl sites for hydroxylation is 1. The Morgan fingerprint density at radius 2 is 2.41 bits per heavy atom. The van der Waals surface area contributed by atoms with Crippen LogP contribution in [0.25, 0.3) is 0 Å². The van der Waals surface area contributed by atoms with Crippen molar-refractivity contribution in [1.29, 1.82) is 0 Å². The van der Waals surface area contributed by atoms with Gasteiger partial charge >= 0.3 is 0 Å². The molecule has 1 unspecified atom stereocenters. The number of hydrogen-bond donors (Lipinski definition) is 1. The van der Waals surface area contributed by atoms with E-state index in [9.17, 15) is 0 Å². The van der Waals surface area contributed by atoms with Crippen LogP contribution in [0.2, 0.25) is 0 Å². The van der Waals surface area contributed by atoms with Gasteiger partial charge in [-0.25, -0.2) is 0 Å². The smallest absolute Gasteiger partial charge is 0.240 e. The highest BCUT2D eigenvalue weighted by atomic mass is 16.5. The molecule has 0 amide bonds. The number of nitrogens with one attached hydrogen (secondary N) is 1. The zero-order valence-electron chi connectivity index (χ0n) is 10.4. The zero-order valence-corrected chi connectivity index (χ0v) is 10.4. The van der Waals surface area contributed by atoms with Gasteiger partial charge in [-0.05, 0) is 31.3 Å². The van der Waals surface area contributed by atoms with Crippen LogP contribution >= 0.6 is 0 Å². The van der Waals surface area contributed by atoms with Crippen LogP contribution in [0, 0.1) is 5.41 Å². The summed E-state index contributed by atoms with van der Waals surface area (Å²) in [6.45, 7) is 7.54. The lowest BCUT2D eigenvalue weighted by Gasteiger charge is -2.21. The first kappa shape index (κ1) is 11.2. The fourth-order valence-electron chi connectivity index (χ4n) is 3.00. The van der Waals surface area contributed by atoms with E-state index < -0.39 is 0 Å². The molecule has 2 fully saturated rings. The summed E-state index contributed by atoms with van der Waals surface area (Å²) in [5.74, 6) is 1.58. The Morgan fingerprint density at radius 1 is 1.47 bits per heavy atom. The maximum atomic E-state index is 5.25. The van der Waals surface area contributed by atoms with E-state index in [0.29, 0.717) is 5.41 Å². The Bertz CT molecular complexity index is 384. The number of hydrogen-bond acceptors (Lipinski definition) is 5. The minimum Gasteiger partial charge on any atom is -0.338 e. The summed E-state index contributed by atoms with van der Waals surface area (Å²) in [5.41, 5.74) is 0.521. The van der Waals surface area contributed by atoms with Crippen LogP contribution in [-0.4, -0.2) is 41.2 Å². The summed E-state index contributed by atoms with van der Waals surface area (Å²) in [7, 11) is 0. The van der Waals surface area contributed by atoms with Gasteiger partial charge in [-0.3, -0.25) is 4.90 Å². The van der Waals surface area contributed by atoms with E-state index in [1.165, 1.54) is 32.5 Å². The third-order valence-corrected chi connectivity index (χ3v) is 4.03. The van der Waals surface area contributed by atoms with E-state index in [1.54, 1.807) is 0 Å². The third-order valence-electron chi connectivity index (χ3n) is 4.03. The molecule has 0 bridgehead atoms. The molecule has 0 aliphatic carbocycles. The Hall–Kier alpha value is -0.940. The highest BCUT2D eigenvalue weighted by Crippen LogP contribution is 2.36. The molecule has 5 nitrogen and oxygen atoms in total. The van der Waals surface area contributed by atoms with Gasteiger partial charge in [-0.15, -0.1) is 0 Å². The van der Waals surface area contributed by atoms with Gasteiger partial charge in [0.25, 0.3) is 0 Å². The first-order valence-electron chi connectivity index (χ1n) is 6.54. The molecule has 3 rings (SSSR count). The molecule has 2 aliphatic rings. The number of nitrogens with zero attached hydrogens (tertiary/aromatic N) is 3. The fraction of sp³-hybridized carbons (Fsp3) is 0.833. The van der Waals surface area contributed by atoms with Gasteiger partial charge in [0.15, 0.2) is 5.82 Å². The van der Waals surface area contributed by atoms with Crippen LogP contribution in [0.1, 0.15) is 31.5 Å². The minimum atomic E-state index is 0.521. The summed E-state index contributed by atoms with van der Waals surface area (Å²) in [6, 6.07) is 0. The molecule has 3 heterocycles. The van der Waals surface area contributed by atoms with Gasteiger partial charge in [0.1, 0.15) is 0 Å². The lowest BCUT2D eigenvalue weighted by Crippen LogP contribution is -2.29. The van der Waals surface area contributed by atoms with Crippen molar-refractivity contribution in [2.45, 2.75) is 32.7 Å². The molecule has 17 heavy (non-hydrogen) atoms. The molecule has 1 spiro atoms. The largest absolute Gasteiger partial charge is 0.338 e. The van der Waals surface area contributed by atoms with Crippen LogP contribution in [0.3, 0.4) is 0 Å². The molecule has 2 saturated heterocycles. The molecule has 0 aromatic carbocycles. The van der Waals surface area contributed by atoms with Crippen LogP contribution < -0.4 is 5.32 Å². The predicted molar refractivity (Wildman–Crippen MR) is 63.5 cm³/mol. The molecule has 1 N–H and O–H groups in total. The van der Waals surface area contributed by atoms with E-state index in [2.05, 4.69) is 20.4 Å². The van der Waals surface area contributed by atoms with Crippen LogP contribution in [0.15, 0.2) is 4.52 Å². The highest BCUT2D eigenvalue weighted by Gasteiger charge is 2.40. The Kier molecular flexibility index (Phi) is 2.88. The van der Waals surface area contributed by atoms with Crippen LogP contribution in [0.5, 0.6) is 0 Å². The van der Waals surface area contributed by atoms with Crippen molar-refractivity contribution < 1.29 is 4.52 Å². The van der Waals surface area contributed by atoms with E-state index in [-0.39, 0.29) is 0 Å². The quantitative estimate of drug-likeness (QED) is 0.842. The van der Waals surface area contributed by atoms with Crippen molar-refractivity contribution in [3.8, 4) is 0 Å². The summed E-state index contributed by atoms with van der Waals surface area (Å²) >= 11 is 0. The average molecular weight is 236 g/mol. The topological polar surface area (TPSA) is 54.2 Å². The molecule has 0 radical (unpaired) electrons. The van der Waals surface area contributed by atoms with E-state index in [4.69, 9.17) is 4.52 Å². The Labute approximate surface area is 102 Å². The van der Waals surface area contributed by atoms with Crippen molar-refractivity contribution in [3.63, 3.8) is 0 Å². The number of aromatic nitrogens is 2. The summed E-state index contributed by atoms with van der Waals surface area (Å²) < 4.78 is 5.25. The molecule has 0 saturated carbocycles. The number of likely N-dealkylation sites (tertiary alicyclic amines) is 1. The second-order valence-corrected chi connectivity index (χ2v) is 5.35. The van der Waals surface area contributed by atoms with Gasteiger partial charge in [0, 0.05) is 19.5 Å². The van der Waals surface area contributed by atoms with E-state index in [0.717, 1.165) is 31.2 Å². The molecule has 1 atom stereocenters. The second kappa shape index (κ2) is 4.38. The molecule has 1 aromatic heterocycles. The van der Waals surface area contributed by atoms with Gasteiger partial charge in [0.05, 0.1) is 6.54 Å². The van der Waals surface area contributed by atoms with Crippen molar-refractivity contribution in [2.24, 2.45) is 5.41 Å². The monoisotopic (exact) mass is 236 g/mol. The Balaban J connectivity index is 1.59. The highest BCUT2D eigenvalue weighted by molar-refractivity contribution is 4.97. The molecular formula is C12H20N4O. The normalized spacial score (nSPS) is 29.5. The predicted octanol–water partition coefficient (Wildman–Crippen LogP) is 0.817. The van der Waals surface area contributed by atoms with Crippen molar-refractivity contribution in [2.75, 3.05) is 26.2 Å². The molecular weight excluding hydrogens is 216 g/mol. The standard InChI is InChI=1S/C12H20N4O/c1-2-10-14-11(17-15-10)7-16-6-4-12(9-16)3-5-13-8-12/h13H,2-9H2,1H3. The van der Waals surface area contributed by atoms with E-state index >= 15 is 0 Å². The number of rotatable bonds is 3. The summed E-state index contributed by atoms with van der Waals surface area (Å²) in [4.78, 5) is 6.82. The lowest BCUT2D eigenvalue weighted by molar-refractivity contribution is 0.235. The first-order chi connectivity index (χ1) is 8.30. The van der Waals surface area contributed by atoms with Gasteiger partial charge in [0.2, 0.25) is 5.89 Å². The first-order valence-corrected chi connectivity index (χ1v) is 6.54. The summed E-state index contributed by atoms with van der Waals surface area (Å²) in [6.07, 6.45) is 3.46. The maximum absolute atomic E-state index is 5.25. The second-order valence-electron chi connectivity index (χ2n) is 5.35. The molecule has 2 aliphatic heterocycles. The zero-order chi connectivity index (χ0) is 11.7. The van der Waals surface area contributed by atoms with Crippen LogP contribution in [-0.2, 0) is 13.0 Å². The SMILES string of the molecule is CCc1noc(CN2CCC3(CCNC3)C2)n1. The minimum absolute atomic E-state index is 0.521. The summed E-state index contributed by atoms with van der Waals surface area (Å²) in [5, 5.41) is 7.42. The fourth-order valence-corrected chi connectivity index (χ4v) is 3.00. The Morgan fingerprint density at radius 3 is 3.12 bits per heavy atom. The molecule has 94 valence electrons. The molecule has 1 aromatic rings. The molecule has 5 heteroatoms.